The summed E-state index contributed by atoms with van der Waals surface area (Å²) < 4.78 is 41.3. The first-order chi connectivity index (χ1) is 17.8. The maximum Gasteiger partial charge on any atom is 0.324 e. The van der Waals surface area contributed by atoms with E-state index in [0.29, 0.717) is 43.4 Å². The number of aliphatic hydroxyl groups is 1. The average Bonchev–Trinajstić information content (AvgIpc) is 3.46. The third kappa shape index (κ3) is 5.13. The van der Waals surface area contributed by atoms with Crippen LogP contribution in [0.5, 0.6) is 11.5 Å². The molecule has 0 aromatic heterocycles. The maximum atomic E-state index is 15.0. The van der Waals surface area contributed by atoms with Crippen LogP contribution in [0.15, 0.2) is 60.7 Å². The number of ether oxygens (including phenoxy) is 2. The molecule has 37 heavy (non-hydrogen) atoms. The molecule has 0 unspecified atom stereocenters. The molecule has 196 valence electrons. The van der Waals surface area contributed by atoms with Gasteiger partial charge < -0.3 is 19.9 Å². The van der Waals surface area contributed by atoms with Gasteiger partial charge in [0.05, 0.1) is 6.04 Å². The molecule has 0 aliphatic carbocycles. The largest absolute Gasteiger partial charge is 0.486 e. The Morgan fingerprint density at radius 2 is 1.70 bits per heavy atom. The van der Waals surface area contributed by atoms with Gasteiger partial charge in [-0.25, -0.2) is 0 Å². The van der Waals surface area contributed by atoms with Crippen molar-refractivity contribution in [2.75, 3.05) is 26.3 Å². The second-order valence-corrected chi connectivity index (χ2v) is 9.86. The number of nitrogens with one attached hydrogen (secondary N) is 1. The maximum absolute atomic E-state index is 15.0. The summed E-state index contributed by atoms with van der Waals surface area (Å²) >= 11 is 0. The number of halogens is 2. The van der Waals surface area contributed by atoms with Gasteiger partial charge in [-0.05, 0) is 54.7 Å². The molecule has 3 aromatic rings. The van der Waals surface area contributed by atoms with Gasteiger partial charge in [0.25, 0.3) is 5.91 Å². The number of alkyl halides is 2. The minimum Gasteiger partial charge on any atom is -0.486 e. The minimum atomic E-state index is -3.60. The van der Waals surface area contributed by atoms with Crippen LogP contribution in [0.2, 0.25) is 0 Å². The summed E-state index contributed by atoms with van der Waals surface area (Å²) in [6, 6.07) is 17.4. The Morgan fingerprint density at radius 1 is 1.00 bits per heavy atom. The lowest BCUT2D eigenvalue weighted by molar-refractivity contribution is -0.159. The quantitative estimate of drug-likeness (QED) is 0.463. The fraction of sp³-hybridized carbons (Fsp3) is 0.414. The number of nitrogens with zero attached hydrogens (tertiary/aromatic N) is 1. The number of carbonyl (C=O) groups excluding carboxylic acids is 1. The minimum absolute atomic E-state index is 0.0538. The Balaban J connectivity index is 1.32. The predicted molar refractivity (Wildman–Crippen MR) is 137 cm³/mol. The van der Waals surface area contributed by atoms with E-state index in [1.54, 1.807) is 25.1 Å². The van der Waals surface area contributed by atoms with Gasteiger partial charge in [-0.15, -0.1) is 0 Å². The van der Waals surface area contributed by atoms with Crippen molar-refractivity contribution in [2.24, 2.45) is 0 Å². The van der Waals surface area contributed by atoms with E-state index >= 15 is 8.78 Å². The zero-order valence-corrected chi connectivity index (χ0v) is 20.9. The van der Waals surface area contributed by atoms with E-state index in [4.69, 9.17) is 9.47 Å². The smallest absolute Gasteiger partial charge is 0.324 e. The molecule has 2 aliphatic heterocycles. The fourth-order valence-electron chi connectivity index (χ4n) is 5.25. The van der Waals surface area contributed by atoms with Gasteiger partial charge in [-0.1, -0.05) is 48.5 Å². The van der Waals surface area contributed by atoms with E-state index in [9.17, 15) is 9.90 Å². The Hall–Kier alpha value is -3.23. The molecule has 1 fully saturated rings. The fourth-order valence-corrected chi connectivity index (χ4v) is 5.25. The zero-order valence-electron chi connectivity index (χ0n) is 20.9. The van der Waals surface area contributed by atoms with Gasteiger partial charge in [0, 0.05) is 25.1 Å². The molecule has 0 radical (unpaired) electrons. The Morgan fingerprint density at radius 3 is 2.46 bits per heavy atom. The lowest BCUT2D eigenvalue weighted by Gasteiger charge is -2.43. The number of aryl methyl sites for hydroxylation is 1. The Bertz CT molecular complexity index is 1280. The highest BCUT2D eigenvalue weighted by molar-refractivity contribution is 5.84. The van der Waals surface area contributed by atoms with Crippen molar-refractivity contribution in [2.45, 2.75) is 50.3 Å². The lowest BCUT2D eigenvalue weighted by Crippen LogP contribution is -2.60. The van der Waals surface area contributed by atoms with Crippen LogP contribution in [0.25, 0.3) is 10.8 Å². The Kier molecular flexibility index (Phi) is 7.05. The van der Waals surface area contributed by atoms with Gasteiger partial charge in [-0.3, -0.25) is 9.69 Å². The number of hydrogen-bond acceptors (Lipinski definition) is 5. The molecule has 2 N–H and O–H groups in total. The SMILES string of the molecule is C[C@@H](NC(=O)C(F)(F)CCc1ccc2ccccc2c1)[C@@](O)(c1ccc2c(c1)OCCO2)N1CCCC1. The molecule has 2 aliphatic rings. The summed E-state index contributed by atoms with van der Waals surface area (Å²) in [6.07, 6.45) is 1.17. The van der Waals surface area contributed by atoms with Crippen molar-refractivity contribution in [3.63, 3.8) is 0 Å². The normalized spacial score (nSPS) is 18.4. The zero-order chi connectivity index (χ0) is 26.0. The molecule has 5 rings (SSSR count). The summed E-state index contributed by atoms with van der Waals surface area (Å²) in [4.78, 5) is 14.6. The van der Waals surface area contributed by atoms with E-state index in [-0.39, 0.29) is 6.42 Å². The average molecular weight is 511 g/mol. The van der Waals surface area contributed by atoms with Crippen molar-refractivity contribution < 1.29 is 28.2 Å². The van der Waals surface area contributed by atoms with Crippen molar-refractivity contribution >= 4 is 16.7 Å². The van der Waals surface area contributed by atoms with Crippen LogP contribution in [-0.2, 0) is 16.9 Å². The van der Waals surface area contributed by atoms with Gasteiger partial charge in [0.15, 0.2) is 17.2 Å². The summed E-state index contributed by atoms with van der Waals surface area (Å²) in [5, 5.41) is 16.4. The molecule has 2 heterocycles. The monoisotopic (exact) mass is 510 g/mol. The molecule has 0 bridgehead atoms. The van der Waals surface area contributed by atoms with Crippen LogP contribution < -0.4 is 14.8 Å². The third-order valence-corrected chi connectivity index (χ3v) is 7.38. The first kappa shape index (κ1) is 25.4. The molecule has 2 atom stereocenters. The number of likely N-dealkylation sites (tertiary alicyclic amines) is 1. The summed E-state index contributed by atoms with van der Waals surface area (Å²) in [5.41, 5.74) is -0.480. The highest BCUT2D eigenvalue weighted by atomic mass is 19.3. The molecule has 1 amide bonds. The van der Waals surface area contributed by atoms with E-state index in [0.717, 1.165) is 29.2 Å². The van der Waals surface area contributed by atoms with Gasteiger partial charge in [0.1, 0.15) is 13.2 Å². The van der Waals surface area contributed by atoms with E-state index in [1.807, 2.05) is 47.4 Å². The van der Waals surface area contributed by atoms with Crippen LogP contribution in [0.3, 0.4) is 0 Å². The van der Waals surface area contributed by atoms with Crippen molar-refractivity contribution in [1.29, 1.82) is 0 Å². The second-order valence-electron chi connectivity index (χ2n) is 9.86. The van der Waals surface area contributed by atoms with Crippen molar-refractivity contribution in [3.05, 3.63) is 71.8 Å². The van der Waals surface area contributed by atoms with Gasteiger partial charge >= 0.3 is 5.92 Å². The summed E-state index contributed by atoms with van der Waals surface area (Å²) in [5.74, 6) is -3.94. The Labute approximate surface area is 215 Å². The van der Waals surface area contributed by atoms with E-state index in [2.05, 4.69) is 5.32 Å². The standard InChI is InChI=1S/C29H32F2N2O4/c1-20(29(35,33-14-4-5-15-33)24-10-11-25-26(19-24)37-17-16-36-25)32-27(34)28(30,31)13-12-21-8-9-22-6-2-3-7-23(22)18-21/h2-3,6-11,18-20,35H,4-5,12-17H2,1H3,(H,32,34)/t20-,29-/m1/s1. The second kappa shape index (κ2) is 10.3. The first-order valence-corrected chi connectivity index (χ1v) is 12.8. The van der Waals surface area contributed by atoms with Gasteiger partial charge in [0.2, 0.25) is 0 Å². The number of carbonyl (C=O) groups is 1. The summed E-state index contributed by atoms with van der Waals surface area (Å²) in [6.45, 7) is 3.55. The molecule has 0 spiro atoms. The molecule has 0 saturated carbocycles. The van der Waals surface area contributed by atoms with E-state index in [1.165, 1.54) is 0 Å². The predicted octanol–water partition coefficient (Wildman–Crippen LogP) is 4.62. The molecular weight excluding hydrogens is 478 g/mol. The van der Waals surface area contributed by atoms with Crippen LogP contribution in [0.4, 0.5) is 8.78 Å². The molecule has 6 nitrogen and oxygen atoms in total. The van der Waals surface area contributed by atoms with Crippen LogP contribution in [0, 0.1) is 0 Å². The van der Waals surface area contributed by atoms with Crippen LogP contribution in [-0.4, -0.2) is 54.2 Å². The van der Waals surface area contributed by atoms with Crippen molar-refractivity contribution in [3.8, 4) is 11.5 Å². The molecule has 1 saturated heterocycles. The lowest BCUT2D eigenvalue weighted by atomic mass is 9.93. The van der Waals surface area contributed by atoms with Crippen molar-refractivity contribution in [1.82, 2.24) is 10.2 Å². The number of hydrogen-bond donors (Lipinski definition) is 2. The number of benzene rings is 3. The van der Waals surface area contributed by atoms with Gasteiger partial charge in [-0.2, -0.15) is 8.78 Å². The number of fused-ring (bicyclic) bond motifs is 2. The van der Waals surface area contributed by atoms with Crippen LogP contribution in [0.1, 0.15) is 37.3 Å². The summed E-state index contributed by atoms with van der Waals surface area (Å²) in [7, 11) is 0. The van der Waals surface area contributed by atoms with E-state index < -0.39 is 30.0 Å². The van der Waals surface area contributed by atoms with Crippen LogP contribution >= 0.6 is 0 Å². The number of amides is 1. The third-order valence-electron chi connectivity index (χ3n) is 7.38. The molecule has 3 aromatic carbocycles. The number of rotatable bonds is 8. The topological polar surface area (TPSA) is 71.0 Å². The molecular formula is C29H32F2N2O4. The highest BCUT2D eigenvalue weighted by Crippen LogP contribution is 2.39. The highest BCUT2D eigenvalue weighted by Gasteiger charge is 2.47. The first-order valence-electron chi connectivity index (χ1n) is 12.8. The molecule has 8 heteroatoms.